The van der Waals surface area contributed by atoms with Crippen LogP contribution in [-0.4, -0.2) is 37.7 Å². The Labute approximate surface area is 167 Å². The van der Waals surface area contributed by atoms with Crippen molar-refractivity contribution in [2.24, 2.45) is 5.10 Å². The van der Waals surface area contributed by atoms with Gasteiger partial charge in [-0.25, -0.2) is 5.43 Å². The van der Waals surface area contributed by atoms with Crippen LogP contribution < -0.4 is 10.9 Å². The van der Waals surface area contributed by atoms with E-state index in [4.69, 9.17) is 4.42 Å². The van der Waals surface area contributed by atoms with Crippen LogP contribution in [0.1, 0.15) is 5.56 Å². The van der Waals surface area contributed by atoms with E-state index in [1.54, 1.807) is 36.8 Å². The van der Waals surface area contributed by atoms with Gasteiger partial charge in [-0.2, -0.15) is 5.10 Å². The standard InChI is InChI=1S/C21H21N3O3S/c1-24(2)13-20(25)23-22-11-10-15-14-27-19-12-17(8-9-18(19)21(15)26)28-16-6-4-3-5-7-16/h3-9,11-12,14H,10,13H2,1-2H3,(H,23,25). The van der Waals surface area contributed by atoms with Crippen LogP contribution in [0.3, 0.4) is 0 Å². The van der Waals surface area contributed by atoms with Crippen LogP contribution in [0.4, 0.5) is 0 Å². The molecule has 1 amide bonds. The fourth-order valence-electron chi connectivity index (χ4n) is 2.56. The normalized spacial score (nSPS) is 11.4. The Morgan fingerprint density at radius 3 is 2.71 bits per heavy atom. The van der Waals surface area contributed by atoms with Crippen LogP contribution in [-0.2, 0) is 11.2 Å². The lowest BCUT2D eigenvalue weighted by atomic mass is 10.1. The van der Waals surface area contributed by atoms with Gasteiger partial charge >= 0.3 is 0 Å². The minimum atomic E-state index is -0.213. The summed E-state index contributed by atoms with van der Waals surface area (Å²) in [6.45, 7) is 0.249. The summed E-state index contributed by atoms with van der Waals surface area (Å²) in [4.78, 5) is 28.0. The molecule has 144 valence electrons. The zero-order valence-corrected chi connectivity index (χ0v) is 16.5. The van der Waals surface area contributed by atoms with Crippen molar-refractivity contribution in [1.82, 2.24) is 10.3 Å². The van der Waals surface area contributed by atoms with Crippen molar-refractivity contribution in [2.75, 3.05) is 20.6 Å². The topological polar surface area (TPSA) is 74.9 Å². The zero-order chi connectivity index (χ0) is 19.9. The molecule has 1 heterocycles. The lowest BCUT2D eigenvalue weighted by molar-refractivity contribution is -0.121. The number of hydrogen-bond donors (Lipinski definition) is 1. The Morgan fingerprint density at radius 2 is 1.96 bits per heavy atom. The highest BCUT2D eigenvalue weighted by atomic mass is 32.2. The number of carbonyl (C=O) groups is 1. The lowest BCUT2D eigenvalue weighted by Crippen LogP contribution is -2.30. The van der Waals surface area contributed by atoms with E-state index in [1.165, 1.54) is 12.5 Å². The Hall–Kier alpha value is -2.90. The van der Waals surface area contributed by atoms with Crippen molar-refractivity contribution in [3.8, 4) is 0 Å². The van der Waals surface area contributed by atoms with E-state index in [-0.39, 0.29) is 24.3 Å². The van der Waals surface area contributed by atoms with Crippen molar-refractivity contribution < 1.29 is 9.21 Å². The van der Waals surface area contributed by atoms with Gasteiger partial charge in [0.2, 0.25) is 0 Å². The number of benzene rings is 2. The molecule has 7 heteroatoms. The Kier molecular flexibility index (Phi) is 6.62. The Bertz CT molecular complexity index is 1050. The highest BCUT2D eigenvalue weighted by Crippen LogP contribution is 2.29. The number of hydrazone groups is 1. The molecule has 0 saturated heterocycles. The number of likely N-dealkylation sites (N-methyl/N-ethyl adjacent to an activating group) is 1. The largest absolute Gasteiger partial charge is 0.464 e. The van der Waals surface area contributed by atoms with Gasteiger partial charge in [-0.1, -0.05) is 30.0 Å². The van der Waals surface area contributed by atoms with Crippen LogP contribution in [0.5, 0.6) is 0 Å². The van der Waals surface area contributed by atoms with E-state index in [1.807, 2.05) is 42.5 Å². The first-order chi connectivity index (χ1) is 13.5. The SMILES string of the molecule is CN(C)CC(=O)NN=CCc1coc2cc(Sc3ccccc3)ccc2c1=O. The minimum Gasteiger partial charge on any atom is -0.464 e. The van der Waals surface area contributed by atoms with Crippen molar-refractivity contribution in [3.05, 3.63) is 70.6 Å². The third-order valence-electron chi connectivity index (χ3n) is 3.85. The summed E-state index contributed by atoms with van der Waals surface area (Å²) in [6.07, 6.45) is 3.22. The second kappa shape index (κ2) is 9.34. The molecule has 6 nitrogen and oxygen atoms in total. The summed E-state index contributed by atoms with van der Waals surface area (Å²) >= 11 is 1.61. The predicted molar refractivity (Wildman–Crippen MR) is 112 cm³/mol. The Morgan fingerprint density at radius 1 is 1.18 bits per heavy atom. The van der Waals surface area contributed by atoms with Crippen molar-refractivity contribution in [3.63, 3.8) is 0 Å². The van der Waals surface area contributed by atoms with Crippen molar-refractivity contribution >= 4 is 34.9 Å². The third kappa shape index (κ3) is 5.31. The number of hydrogen-bond acceptors (Lipinski definition) is 6. The Balaban J connectivity index is 1.70. The van der Waals surface area contributed by atoms with Crippen LogP contribution in [0, 0.1) is 0 Å². The monoisotopic (exact) mass is 395 g/mol. The molecule has 1 N–H and O–H groups in total. The summed E-state index contributed by atoms with van der Waals surface area (Å²) in [5.41, 5.74) is 3.37. The molecule has 0 bridgehead atoms. The fraction of sp³-hybridized carbons (Fsp3) is 0.190. The number of nitrogens with zero attached hydrogens (tertiary/aromatic N) is 2. The lowest BCUT2D eigenvalue weighted by Gasteiger charge is -2.06. The van der Waals surface area contributed by atoms with Gasteiger partial charge in [-0.05, 0) is 44.4 Å². The van der Waals surface area contributed by atoms with Gasteiger partial charge in [0.05, 0.1) is 18.2 Å². The van der Waals surface area contributed by atoms with Crippen molar-refractivity contribution in [1.29, 1.82) is 0 Å². The van der Waals surface area contributed by atoms with Gasteiger partial charge in [0.1, 0.15) is 5.58 Å². The minimum absolute atomic E-state index is 0.0939. The zero-order valence-electron chi connectivity index (χ0n) is 15.7. The van der Waals surface area contributed by atoms with E-state index >= 15 is 0 Å². The number of nitrogens with one attached hydrogen (secondary N) is 1. The van der Waals surface area contributed by atoms with Gasteiger partial charge in [0.15, 0.2) is 5.43 Å². The molecule has 0 aliphatic heterocycles. The molecule has 0 fully saturated rings. The highest BCUT2D eigenvalue weighted by molar-refractivity contribution is 7.99. The molecule has 0 radical (unpaired) electrons. The molecule has 0 aliphatic carbocycles. The second-order valence-corrected chi connectivity index (χ2v) is 7.60. The average Bonchev–Trinajstić information content (AvgIpc) is 2.67. The fourth-order valence-corrected chi connectivity index (χ4v) is 3.43. The van der Waals surface area contributed by atoms with Crippen LogP contribution in [0.25, 0.3) is 11.0 Å². The first-order valence-electron chi connectivity index (χ1n) is 8.75. The van der Waals surface area contributed by atoms with Crippen LogP contribution in [0.2, 0.25) is 0 Å². The highest BCUT2D eigenvalue weighted by Gasteiger charge is 2.08. The molecule has 28 heavy (non-hydrogen) atoms. The first kappa shape index (κ1) is 19.9. The molecule has 1 aromatic heterocycles. The summed E-state index contributed by atoms with van der Waals surface area (Å²) in [6, 6.07) is 15.6. The molecule has 3 aromatic rings. The number of fused-ring (bicyclic) bond motifs is 1. The molecule has 0 saturated carbocycles. The smallest absolute Gasteiger partial charge is 0.254 e. The van der Waals surface area contributed by atoms with Gasteiger partial charge in [0.25, 0.3) is 5.91 Å². The quantitative estimate of drug-likeness (QED) is 0.491. The molecule has 0 spiro atoms. The maximum Gasteiger partial charge on any atom is 0.254 e. The molecule has 0 unspecified atom stereocenters. The van der Waals surface area contributed by atoms with E-state index in [2.05, 4.69) is 10.5 Å². The molecule has 2 aromatic carbocycles. The molecular formula is C21H21N3O3S. The molecule has 0 aliphatic rings. The predicted octanol–water partition coefficient (Wildman–Crippen LogP) is 3.15. The third-order valence-corrected chi connectivity index (χ3v) is 4.85. The summed E-state index contributed by atoms with van der Waals surface area (Å²) in [7, 11) is 3.60. The summed E-state index contributed by atoms with van der Waals surface area (Å²) < 4.78 is 5.66. The van der Waals surface area contributed by atoms with E-state index < -0.39 is 0 Å². The molecular weight excluding hydrogens is 374 g/mol. The average molecular weight is 395 g/mol. The first-order valence-corrected chi connectivity index (χ1v) is 9.57. The molecule has 0 atom stereocenters. The van der Waals surface area contributed by atoms with E-state index in [0.29, 0.717) is 16.5 Å². The van der Waals surface area contributed by atoms with E-state index in [0.717, 1.165) is 9.79 Å². The van der Waals surface area contributed by atoms with Crippen LogP contribution in [0.15, 0.2) is 78.9 Å². The number of rotatable bonds is 7. The second-order valence-electron chi connectivity index (χ2n) is 6.45. The molecule has 3 rings (SSSR count). The number of carbonyl (C=O) groups excluding carboxylic acids is 1. The van der Waals surface area contributed by atoms with Gasteiger partial charge in [-0.15, -0.1) is 0 Å². The van der Waals surface area contributed by atoms with Gasteiger partial charge < -0.3 is 9.32 Å². The maximum absolute atomic E-state index is 12.6. The summed E-state index contributed by atoms with van der Waals surface area (Å²) in [5.74, 6) is -0.213. The maximum atomic E-state index is 12.6. The van der Waals surface area contributed by atoms with Gasteiger partial charge in [0, 0.05) is 28.0 Å². The van der Waals surface area contributed by atoms with Crippen LogP contribution >= 0.6 is 11.8 Å². The summed E-state index contributed by atoms with van der Waals surface area (Å²) in [5, 5.41) is 4.39. The van der Waals surface area contributed by atoms with E-state index in [9.17, 15) is 9.59 Å². The van der Waals surface area contributed by atoms with Crippen molar-refractivity contribution in [2.45, 2.75) is 16.2 Å². The van der Waals surface area contributed by atoms with Gasteiger partial charge in [-0.3, -0.25) is 9.59 Å². The number of amides is 1.